The molecule has 2 unspecified atom stereocenters. The van der Waals surface area contributed by atoms with Gasteiger partial charge >= 0.3 is 0 Å². The van der Waals surface area contributed by atoms with Gasteiger partial charge in [0.05, 0.1) is 5.60 Å². The maximum Gasteiger partial charge on any atom is 0.253 e. The number of aryl methyl sites for hydroxylation is 2. The van der Waals surface area contributed by atoms with E-state index < -0.39 is 5.60 Å². The molecule has 0 bridgehead atoms. The molecule has 2 atom stereocenters. The van der Waals surface area contributed by atoms with Crippen LogP contribution < -0.4 is 0 Å². The van der Waals surface area contributed by atoms with Crippen molar-refractivity contribution in [2.24, 2.45) is 5.92 Å². The quantitative estimate of drug-likeness (QED) is 0.862. The van der Waals surface area contributed by atoms with Gasteiger partial charge in [-0.1, -0.05) is 30.0 Å². The topological polar surface area (TPSA) is 40.5 Å². The molecule has 1 saturated heterocycles. The summed E-state index contributed by atoms with van der Waals surface area (Å²) in [6.07, 6.45) is 4.99. The zero-order chi connectivity index (χ0) is 15.0. The minimum Gasteiger partial charge on any atom is -0.389 e. The van der Waals surface area contributed by atoms with Crippen LogP contribution in [0, 0.1) is 19.8 Å². The number of hydrogen-bond acceptors (Lipinski definition) is 2. The Bertz CT molecular complexity index is 534. The molecule has 1 aliphatic heterocycles. The van der Waals surface area contributed by atoms with E-state index in [1.807, 2.05) is 30.9 Å². The Hall–Kier alpha value is -1.35. The van der Waals surface area contributed by atoms with Crippen LogP contribution in [0.25, 0.3) is 0 Å². The highest BCUT2D eigenvalue weighted by Gasteiger charge is 2.43. The van der Waals surface area contributed by atoms with Gasteiger partial charge in [-0.25, -0.2) is 0 Å². The second kappa shape index (κ2) is 5.45. The van der Waals surface area contributed by atoms with Gasteiger partial charge in [0.25, 0.3) is 5.91 Å². The van der Waals surface area contributed by atoms with E-state index in [1.54, 1.807) is 0 Å². The van der Waals surface area contributed by atoms with Crippen LogP contribution in [0.3, 0.4) is 0 Å². The predicted molar refractivity (Wildman–Crippen MR) is 83.3 cm³/mol. The summed E-state index contributed by atoms with van der Waals surface area (Å²) in [5, 5.41) is 10.7. The minimum atomic E-state index is -0.516. The Labute approximate surface area is 127 Å². The van der Waals surface area contributed by atoms with Crippen molar-refractivity contribution < 1.29 is 9.90 Å². The van der Waals surface area contributed by atoms with Crippen LogP contribution in [0.4, 0.5) is 0 Å². The molecule has 1 amide bonds. The van der Waals surface area contributed by atoms with E-state index in [-0.39, 0.29) is 11.8 Å². The van der Waals surface area contributed by atoms with Crippen LogP contribution >= 0.6 is 0 Å². The van der Waals surface area contributed by atoms with Crippen LogP contribution in [0.15, 0.2) is 18.2 Å². The van der Waals surface area contributed by atoms with Crippen LogP contribution in [-0.2, 0) is 0 Å². The molecular weight excluding hydrogens is 262 g/mol. The Kier molecular flexibility index (Phi) is 3.78. The molecule has 0 radical (unpaired) electrons. The van der Waals surface area contributed by atoms with Crippen LogP contribution in [-0.4, -0.2) is 34.6 Å². The molecule has 2 fully saturated rings. The molecular formula is C18H25NO2. The number of amides is 1. The van der Waals surface area contributed by atoms with Crippen molar-refractivity contribution in [3.05, 3.63) is 34.9 Å². The zero-order valence-corrected chi connectivity index (χ0v) is 13.1. The van der Waals surface area contributed by atoms with Gasteiger partial charge < -0.3 is 10.0 Å². The summed E-state index contributed by atoms with van der Waals surface area (Å²) in [6.45, 7) is 5.45. The smallest absolute Gasteiger partial charge is 0.253 e. The average molecular weight is 287 g/mol. The Balaban J connectivity index is 1.77. The molecule has 114 valence electrons. The number of rotatable bonds is 1. The largest absolute Gasteiger partial charge is 0.389 e. The summed E-state index contributed by atoms with van der Waals surface area (Å²) in [7, 11) is 0. The first-order valence-corrected chi connectivity index (χ1v) is 8.08. The highest BCUT2D eigenvalue weighted by molar-refractivity contribution is 5.94. The van der Waals surface area contributed by atoms with Gasteiger partial charge in [-0.15, -0.1) is 0 Å². The molecule has 1 heterocycles. The molecule has 0 aromatic heterocycles. The first kappa shape index (κ1) is 14.6. The van der Waals surface area contributed by atoms with Crippen molar-refractivity contribution in [2.45, 2.75) is 51.6 Å². The summed E-state index contributed by atoms with van der Waals surface area (Å²) in [5.74, 6) is 0.379. The van der Waals surface area contributed by atoms with Crippen molar-refractivity contribution in [1.82, 2.24) is 4.90 Å². The molecule has 1 N–H and O–H groups in total. The fraction of sp³-hybridized carbons (Fsp3) is 0.611. The molecule has 3 rings (SSSR count). The van der Waals surface area contributed by atoms with Gasteiger partial charge in [-0.3, -0.25) is 4.79 Å². The Morgan fingerprint density at radius 3 is 2.62 bits per heavy atom. The number of carbonyl (C=O) groups excluding carboxylic acids is 1. The van der Waals surface area contributed by atoms with E-state index in [2.05, 4.69) is 6.07 Å². The van der Waals surface area contributed by atoms with Crippen LogP contribution in [0.5, 0.6) is 0 Å². The summed E-state index contributed by atoms with van der Waals surface area (Å²) in [6, 6.07) is 6.03. The highest BCUT2D eigenvalue weighted by Crippen LogP contribution is 2.40. The van der Waals surface area contributed by atoms with Crippen LogP contribution in [0.2, 0.25) is 0 Å². The summed E-state index contributed by atoms with van der Waals surface area (Å²) < 4.78 is 0. The fourth-order valence-electron chi connectivity index (χ4n) is 4.04. The molecule has 3 nitrogen and oxygen atoms in total. The first-order chi connectivity index (χ1) is 9.98. The Morgan fingerprint density at radius 1 is 1.19 bits per heavy atom. The second-order valence-corrected chi connectivity index (χ2v) is 6.92. The lowest BCUT2D eigenvalue weighted by Crippen LogP contribution is -2.54. The molecule has 1 aliphatic carbocycles. The molecule has 2 aliphatic rings. The van der Waals surface area contributed by atoms with Crippen molar-refractivity contribution in [3.8, 4) is 0 Å². The lowest BCUT2D eigenvalue weighted by Gasteiger charge is -2.47. The minimum absolute atomic E-state index is 0.120. The first-order valence-electron chi connectivity index (χ1n) is 8.08. The normalized spacial score (nSPS) is 29.1. The fourth-order valence-corrected chi connectivity index (χ4v) is 4.04. The number of benzene rings is 1. The van der Waals surface area contributed by atoms with Gasteiger partial charge in [0.2, 0.25) is 0 Å². The standard InChI is InChI=1S/C18H25NO2/c1-13-9-14(2)11-15(10-13)17(20)19-8-7-18(21)6-4-3-5-16(18)12-19/h9-11,16,21H,3-8,12H2,1-2H3. The maximum absolute atomic E-state index is 12.7. The molecule has 1 aromatic carbocycles. The lowest BCUT2D eigenvalue weighted by molar-refractivity contribution is -0.0886. The van der Waals surface area contributed by atoms with Crippen molar-refractivity contribution >= 4 is 5.91 Å². The van der Waals surface area contributed by atoms with E-state index >= 15 is 0 Å². The van der Waals surface area contributed by atoms with Gasteiger partial charge in [0.15, 0.2) is 0 Å². The van der Waals surface area contributed by atoms with Gasteiger partial charge in [-0.05, 0) is 45.2 Å². The Morgan fingerprint density at radius 2 is 1.90 bits per heavy atom. The number of carbonyl (C=O) groups is 1. The number of piperidine rings is 1. The highest BCUT2D eigenvalue weighted by atomic mass is 16.3. The molecule has 1 aromatic rings. The third-order valence-electron chi connectivity index (χ3n) is 5.18. The number of aliphatic hydroxyl groups is 1. The third kappa shape index (κ3) is 2.84. The van der Waals surface area contributed by atoms with Gasteiger partial charge in [0, 0.05) is 24.6 Å². The maximum atomic E-state index is 12.7. The number of fused-ring (bicyclic) bond motifs is 1. The molecule has 1 saturated carbocycles. The molecule has 21 heavy (non-hydrogen) atoms. The van der Waals surface area contributed by atoms with E-state index in [4.69, 9.17) is 0 Å². The van der Waals surface area contributed by atoms with Crippen LogP contribution in [0.1, 0.15) is 53.6 Å². The average Bonchev–Trinajstić information content (AvgIpc) is 2.44. The SMILES string of the molecule is Cc1cc(C)cc(C(=O)N2CCC3(O)CCCCC3C2)c1. The predicted octanol–water partition coefficient (Wildman–Crippen LogP) is 3.07. The van der Waals surface area contributed by atoms with E-state index in [9.17, 15) is 9.90 Å². The van der Waals surface area contributed by atoms with Crippen molar-refractivity contribution in [3.63, 3.8) is 0 Å². The van der Waals surface area contributed by atoms with Crippen molar-refractivity contribution in [2.75, 3.05) is 13.1 Å². The van der Waals surface area contributed by atoms with E-state index in [0.717, 1.165) is 42.4 Å². The van der Waals surface area contributed by atoms with Crippen molar-refractivity contribution in [1.29, 1.82) is 0 Å². The van der Waals surface area contributed by atoms with Gasteiger partial charge in [-0.2, -0.15) is 0 Å². The lowest BCUT2D eigenvalue weighted by atomic mass is 9.71. The summed E-state index contributed by atoms with van der Waals surface area (Å²) in [4.78, 5) is 14.7. The molecule has 0 spiro atoms. The second-order valence-electron chi connectivity index (χ2n) is 6.92. The summed E-state index contributed by atoms with van der Waals surface area (Å²) >= 11 is 0. The number of nitrogens with zero attached hydrogens (tertiary/aromatic N) is 1. The summed E-state index contributed by atoms with van der Waals surface area (Å²) in [5.41, 5.74) is 2.53. The van der Waals surface area contributed by atoms with Gasteiger partial charge in [0.1, 0.15) is 0 Å². The zero-order valence-electron chi connectivity index (χ0n) is 13.1. The van der Waals surface area contributed by atoms with E-state index in [0.29, 0.717) is 13.1 Å². The monoisotopic (exact) mass is 287 g/mol. The van der Waals surface area contributed by atoms with E-state index in [1.165, 1.54) is 6.42 Å². The number of likely N-dealkylation sites (tertiary alicyclic amines) is 1. The third-order valence-corrected chi connectivity index (χ3v) is 5.18. The molecule has 3 heteroatoms. The number of hydrogen-bond donors (Lipinski definition) is 1.